The minimum atomic E-state index is -0.368. The predicted octanol–water partition coefficient (Wildman–Crippen LogP) is 8.78. The molecule has 0 aromatic heterocycles. The molecule has 1 aromatic carbocycles. The molecule has 35 heavy (non-hydrogen) atoms. The lowest BCUT2D eigenvalue weighted by molar-refractivity contribution is -0.142. The van der Waals surface area contributed by atoms with Gasteiger partial charge in [-0.05, 0) is 18.6 Å². The van der Waals surface area contributed by atoms with Crippen LogP contribution in [0.2, 0.25) is 0 Å². The highest BCUT2D eigenvalue weighted by Gasteiger charge is 2.08. The first-order chi connectivity index (χ1) is 17.2. The molecule has 1 N–H and O–H groups in total. The van der Waals surface area contributed by atoms with Crippen LogP contribution in [0.3, 0.4) is 0 Å². The summed E-state index contributed by atoms with van der Waals surface area (Å²) in [6, 6.07) is 8.89. The second-order valence-electron chi connectivity index (χ2n) is 9.99. The van der Waals surface area contributed by atoms with Gasteiger partial charge in [-0.2, -0.15) is 0 Å². The summed E-state index contributed by atoms with van der Waals surface area (Å²) in [5.41, 5.74) is 0.550. The summed E-state index contributed by atoms with van der Waals surface area (Å²) < 4.78 is 5.21. The Labute approximate surface area is 216 Å². The lowest BCUT2D eigenvalue weighted by Gasteiger charge is -2.07. The highest BCUT2D eigenvalue weighted by Crippen LogP contribution is 2.14. The topological polar surface area (TPSA) is 55.4 Å². The SMILES string of the molecule is CCCCCCCCCCCCCCCCCCCCCCOC(=O)CNC(=O)c1ccccc1. The largest absolute Gasteiger partial charge is 0.464 e. The number of carbonyl (C=O) groups excluding carboxylic acids is 2. The molecule has 1 rings (SSSR count). The van der Waals surface area contributed by atoms with Crippen LogP contribution in [0.4, 0.5) is 0 Å². The summed E-state index contributed by atoms with van der Waals surface area (Å²) in [4.78, 5) is 23.6. The Morgan fingerprint density at radius 1 is 0.600 bits per heavy atom. The average molecular weight is 488 g/mol. The van der Waals surface area contributed by atoms with Crippen molar-refractivity contribution in [2.45, 2.75) is 135 Å². The molecule has 0 heterocycles. The molecule has 0 aliphatic carbocycles. The zero-order valence-electron chi connectivity index (χ0n) is 22.7. The average Bonchev–Trinajstić information content (AvgIpc) is 2.88. The van der Waals surface area contributed by atoms with E-state index in [1.165, 1.54) is 116 Å². The van der Waals surface area contributed by atoms with Crippen LogP contribution in [0.15, 0.2) is 30.3 Å². The van der Waals surface area contributed by atoms with Crippen LogP contribution in [-0.2, 0) is 9.53 Å². The Morgan fingerprint density at radius 2 is 1.00 bits per heavy atom. The number of unbranched alkanes of at least 4 members (excludes halogenated alkanes) is 19. The van der Waals surface area contributed by atoms with Gasteiger partial charge in [-0.3, -0.25) is 9.59 Å². The smallest absolute Gasteiger partial charge is 0.325 e. The van der Waals surface area contributed by atoms with Gasteiger partial charge in [-0.1, -0.05) is 147 Å². The third-order valence-corrected chi connectivity index (χ3v) is 6.69. The van der Waals surface area contributed by atoms with Crippen LogP contribution in [0.1, 0.15) is 146 Å². The molecule has 0 saturated carbocycles. The number of amides is 1. The molecule has 4 heteroatoms. The lowest BCUT2D eigenvalue weighted by Crippen LogP contribution is -2.30. The van der Waals surface area contributed by atoms with E-state index < -0.39 is 0 Å². The van der Waals surface area contributed by atoms with E-state index in [4.69, 9.17) is 4.74 Å². The quantitative estimate of drug-likeness (QED) is 0.117. The lowest BCUT2D eigenvalue weighted by atomic mass is 10.0. The molecule has 0 aliphatic rings. The zero-order chi connectivity index (χ0) is 25.2. The molecule has 200 valence electrons. The van der Waals surface area contributed by atoms with Gasteiger partial charge in [0.05, 0.1) is 6.61 Å². The van der Waals surface area contributed by atoms with E-state index >= 15 is 0 Å². The fourth-order valence-corrected chi connectivity index (χ4v) is 4.44. The number of benzene rings is 1. The van der Waals surface area contributed by atoms with Gasteiger partial charge in [0.25, 0.3) is 5.91 Å². The molecular formula is C31H53NO3. The molecule has 0 radical (unpaired) electrons. The summed E-state index contributed by atoms with van der Waals surface area (Å²) in [5.74, 6) is -0.617. The molecule has 0 fully saturated rings. The maximum absolute atomic E-state index is 11.9. The molecule has 0 bridgehead atoms. The third-order valence-electron chi connectivity index (χ3n) is 6.69. The van der Waals surface area contributed by atoms with E-state index in [0.29, 0.717) is 12.2 Å². The van der Waals surface area contributed by atoms with Gasteiger partial charge in [0.1, 0.15) is 6.54 Å². The summed E-state index contributed by atoms with van der Waals surface area (Å²) in [6.07, 6.45) is 27.1. The summed E-state index contributed by atoms with van der Waals surface area (Å²) in [7, 11) is 0. The molecule has 0 atom stereocenters. The summed E-state index contributed by atoms with van der Waals surface area (Å²) in [5, 5.41) is 2.60. The molecule has 4 nitrogen and oxygen atoms in total. The van der Waals surface area contributed by atoms with Crippen molar-refractivity contribution in [3.8, 4) is 0 Å². The Hall–Kier alpha value is -1.84. The molecule has 1 amide bonds. The van der Waals surface area contributed by atoms with E-state index in [0.717, 1.165) is 12.8 Å². The van der Waals surface area contributed by atoms with E-state index in [9.17, 15) is 9.59 Å². The number of rotatable bonds is 24. The molecular weight excluding hydrogens is 434 g/mol. The Balaban J connectivity index is 1.74. The van der Waals surface area contributed by atoms with Gasteiger partial charge in [0.2, 0.25) is 0 Å². The fourth-order valence-electron chi connectivity index (χ4n) is 4.44. The van der Waals surface area contributed by atoms with Gasteiger partial charge in [0.15, 0.2) is 0 Å². The minimum Gasteiger partial charge on any atom is -0.464 e. The van der Waals surface area contributed by atoms with E-state index in [-0.39, 0.29) is 18.4 Å². The third kappa shape index (κ3) is 20.1. The number of ether oxygens (including phenoxy) is 1. The number of hydrogen-bond acceptors (Lipinski definition) is 3. The van der Waals surface area contributed by atoms with E-state index in [1.807, 2.05) is 6.07 Å². The van der Waals surface area contributed by atoms with Crippen LogP contribution in [0.25, 0.3) is 0 Å². The van der Waals surface area contributed by atoms with Crippen molar-refractivity contribution in [2.24, 2.45) is 0 Å². The number of esters is 1. The van der Waals surface area contributed by atoms with Gasteiger partial charge >= 0.3 is 5.97 Å². The van der Waals surface area contributed by atoms with Crippen molar-refractivity contribution in [1.29, 1.82) is 0 Å². The van der Waals surface area contributed by atoms with Crippen molar-refractivity contribution in [3.05, 3.63) is 35.9 Å². The van der Waals surface area contributed by atoms with Crippen LogP contribution in [0, 0.1) is 0 Å². The first-order valence-corrected chi connectivity index (χ1v) is 14.7. The molecule has 0 spiro atoms. The van der Waals surface area contributed by atoms with Gasteiger partial charge in [-0.15, -0.1) is 0 Å². The van der Waals surface area contributed by atoms with Crippen LogP contribution < -0.4 is 5.32 Å². The summed E-state index contributed by atoms with van der Waals surface area (Å²) >= 11 is 0. The Morgan fingerprint density at radius 3 is 1.43 bits per heavy atom. The standard InChI is InChI=1S/C31H53NO3/c1-2-3-4-5-6-7-8-9-10-11-12-13-14-15-16-17-18-19-20-24-27-35-30(33)28-32-31(34)29-25-22-21-23-26-29/h21-23,25-26H,2-20,24,27-28H2,1H3,(H,32,34). The minimum absolute atomic E-state index is 0.0765. The first kappa shape index (κ1) is 31.2. The molecule has 0 aliphatic heterocycles. The number of hydrogen-bond donors (Lipinski definition) is 1. The maximum Gasteiger partial charge on any atom is 0.325 e. The highest BCUT2D eigenvalue weighted by molar-refractivity contribution is 5.95. The second-order valence-corrected chi connectivity index (χ2v) is 9.99. The van der Waals surface area contributed by atoms with Crippen LogP contribution >= 0.6 is 0 Å². The number of nitrogens with one attached hydrogen (secondary N) is 1. The second kappa shape index (κ2) is 23.9. The van der Waals surface area contributed by atoms with Gasteiger partial charge in [0, 0.05) is 5.56 Å². The van der Waals surface area contributed by atoms with Crippen LogP contribution in [-0.4, -0.2) is 25.0 Å². The van der Waals surface area contributed by atoms with E-state index in [2.05, 4.69) is 12.2 Å². The fraction of sp³-hybridized carbons (Fsp3) is 0.742. The molecule has 1 aromatic rings. The zero-order valence-corrected chi connectivity index (χ0v) is 22.7. The predicted molar refractivity (Wildman–Crippen MR) is 148 cm³/mol. The number of carbonyl (C=O) groups is 2. The Kier molecular flexibility index (Phi) is 21.3. The normalized spacial score (nSPS) is 10.9. The molecule has 0 saturated heterocycles. The Bertz CT molecular complexity index is 617. The van der Waals surface area contributed by atoms with Crippen molar-refractivity contribution >= 4 is 11.9 Å². The van der Waals surface area contributed by atoms with Crippen molar-refractivity contribution < 1.29 is 14.3 Å². The van der Waals surface area contributed by atoms with Crippen molar-refractivity contribution in [2.75, 3.05) is 13.2 Å². The maximum atomic E-state index is 11.9. The highest BCUT2D eigenvalue weighted by atomic mass is 16.5. The van der Waals surface area contributed by atoms with Crippen LogP contribution in [0.5, 0.6) is 0 Å². The summed E-state index contributed by atoms with van der Waals surface area (Å²) in [6.45, 7) is 2.65. The first-order valence-electron chi connectivity index (χ1n) is 14.7. The van der Waals surface area contributed by atoms with Crippen molar-refractivity contribution in [1.82, 2.24) is 5.32 Å². The van der Waals surface area contributed by atoms with Gasteiger partial charge < -0.3 is 10.1 Å². The van der Waals surface area contributed by atoms with Crippen molar-refractivity contribution in [3.63, 3.8) is 0 Å². The molecule has 0 unspecified atom stereocenters. The van der Waals surface area contributed by atoms with Gasteiger partial charge in [-0.25, -0.2) is 0 Å². The van der Waals surface area contributed by atoms with E-state index in [1.54, 1.807) is 24.3 Å². The monoisotopic (exact) mass is 487 g/mol.